The predicted molar refractivity (Wildman–Crippen MR) is 77.9 cm³/mol. The van der Waals surface area contributed by atoms with Crippen molar-refractivity contribution in [2.45, 2.75) is 39.2 Å². The van der Waals surface area contributed by atoms with Gasteiger partial charge in [-0.1, -0.05) is 17.7 Å². The molecule has 0 bridgehead atoms. The number of nitrogens with one attached hydrogen (secondary N) is 1. The molecule has 1 aliphatic carbocycles. The number of rotatable bonds is 9. The Kier molecular flexibility index (Phi) is 5.67. The molecule has 0 saturated heterocycles. The zero-order valence-electron chi connectivity index (χ0n) is 12.1. The van der Waals surface area contributed by atoms with Crippen LogP contribution in [0.3, 0.4) is 0 Å². The third-order valence-corrected chi connectivity index (χ3v) is 3.29. The minimum Gasteiger partial charge on any atom is -0.494 e. The van der Waals surface area contributed by atoms with Crippen LogP contribution in [0.25, 0.3) is 0 Å². The van der Waals surface area contributed by atoms with Crippen molar-refractivity contribution in [3.05, 3.63) is 29.3 Å². The molecule has 0 aliphatic heterocycles. The summed E-state index contributed by atoms with van der Waals surface area (Å²) in [5.41, 5.74) is 2.52. The summed E-state index contributed by atoms with van der Waals surface area (Å²) in [4.78, 5) is 0. The zero-order valence-corrected chi connectivity index (χ0v) is 12.1. The topological polar surface area (TPSA) is 30.5 Å². The van der Waals surface area contributed by atoms with E-state index in [4.69, 9.17) is 9.47 Å². The molecule has 0 heterocycles. The van der Waals surface area contributed by atoms with Crippen molar-refractivity contribution < 1.29 is 9.47 Å². The van der Waals surface area contributed by atoms with E-state index in [2.05, 4.69) is 30.4 Å². The summed E-state index contributed by atoms with van der Waals surface area (Å²) in [7, 11) is 0. The van der Waals surface area contributed by atoms with Gasteiger partial charge in [0.25, 0.3) is 0 Å². The SMILES string of the molecule is CCOc1ccc(C)cc1CCOCCNC1CC1. The van der Waals surface area contributed by atoms with Gasteiger partial charge in [-0.3, -0.25) is 0 Å². The minimum atomic E-state index is 0.711. The highest BCUT2D eigenvalue weighted by molar-refractivity contribution is 5.37. The maximum Gasteiger partial charge on any atom is 0.122 e. The van der Waals surface area contributed by atoms with Crippen LogP contribution < -0.4 is 10.1 Å². The van der Waals surface area contributed by atoms with E-state index in [1.54, 1.807) is 0 Å². The molecule has 19 heavy (non-hydrogen) atoms. The standard InChI is InChI=1S/C16H25NO2/c1-3-19-16-7-4-13(2)12-14(16)8-10-18-11-9-17-15-5-6-15/h4,7,12,15,17H,3,5-6,8-11H2,1-2H3. The average molecular weight is 263 g/mol. The summed E-state index contributed by atoms with van der Waals surface area (Å²) in [6.45, 7) is 7.37. The second-order valence-electron chi connectivity index (χ2n) is 5.13. The number of hydrogen-bond acceptors (Lipinski definition) is 3. The third kappa shape index (κ3) is 5.21. The fraction of sp³-hybridized carbons (Fsp3) is 0.625. The van der Waals surface area contributed by atoms with Crippen LogP contribution in [0.1, 0.15) is 30.9 Å². The van der Waals surface area contributed by atoms with Crippen molar-refractivity contribution in [3.8, 4) is 5.75 Å². The number of ether oxygens (including phenoxy) is 2. The van der Waals surface area contributed by atoms with Crippen LogP contribution in [0.15, 0.2) is 18.2 Å². The Hall–Kier alpha value is -1.06. The van der Waals surface area contributed by atoms with Crippen LogP contribution in [0.5, 0.6) is 5.75 Å². The van der Waals surface area contributed by atoms with Gasteiger partial charge in [0.1, 0.15) is 5.75 Å². The summed E-state index contributed by atoms with van der Waals surface area (Å²) in [6.07, 6.45) is 3.59. The lowest BCUT2D eigenvalue weighted by molar-refractivity contribution is 0.138. The van der Waals surface area contributed by atoms with E-state index < -0.39 is 0 Å². The molecule has 1 fully saturated rings. The third-order valence-electron chi connectivity index (χ3n) is 3.29. The molecule has 1 N–H and O–H groups in total. The van der Waals surface area contributed by atoms with Gasteiger partial charge in [0.2, 0.25) is 0 Å². The molecular formula is C16H25NO2. The lowest BCUT2D eigenvalue weighted by atomic mass is 10.1. The van der Waals surface area contributed by atoms with Gasteiger partial charge in [0, 0.05) is 12.6 Å². The highest BCUT2D eigenvalue weighted by atomic mass is 16.5. The Morgan fingerprint density at radius 1 is 1.26 bits per heavy atom. The first kappa shape index (κ1) is 14.4. The lowest BCUT2D eigenvalue weighted by Crippen LogP contribution is -2.22. The maximum absolute atomic E-state index is 5.67. The molecule has 106 valence electrons. The second-order valence-corrected chi connectivity index (χ2v) is 5.13. The van der Waals surface area contributed by atoms with Crippen LogP contribution in [0, 0.1) is 6.92 Å². The lowest BCUT2D eigenvalue weighted by Gasteiger charge is -2.11. The summed E-state index contributed by atoms with van der Waals surface area (Å²) in [5, 5.41) is 3.45. The first-order chi connectivity index (χ1) is 9.29. The molecule has 1 aromatic rings. The van der Waals surface area contributed by atoms with E-state index in [0.29, 0.717) is 6.61 Å². The van der Waals surface area contributed by atoms with Gasteiger partial charge >= 0.3 is 0 Å². The molecule has 0 aromatic heterocycles. The first-order valence-corrected chi connectivity index (χ1v) is 7.33. The molecule has 1 aliphatic rings. The van der Waals surface area contributed by atoms with E-state index in [1.807, 2.05) is 6.92 Å². The molecule has 3 nitrogen and oxygen atoms in total. The van der Waals surface area contributed by atoms with E-state index in [-0.39, 0.29) is 0 Å². The Morgan fingerprint density at radius 2 is 2.11 bits per heavy atom. The second kappa shape index (κ2) is 7.51. The highest BCUT2D eigenvalue weighted by Crippen LogP contribution is 2.21. The number of benzene rings is 1. The Bertz CT molecular complexity index is 388. The molecule has 1 saturated carbocycles. The minimum absolute atomic E-state index is 0.711. The maximum atomic E-state index is 5.67. The number of aryl methyl sites for hydroxylation is 1. The summed E-state index contributed by atoms with van der Waals surface area (Å²) >= 11 is 0. The monoisotopic (exact) mass is 263 g/mol. The highest BCUT2D eigenvalue weighted by Gasteiger charge is 2.19. The molecule has 3 heteroatoms. The molecule has 0 unspecified atom stereocenters. The van der Waals surface area contributed by atoms with Crippen LogP contribution in [-0.2, 0) is 11.2 Å². The summed E-state index contributed by atoms with van der Waals surface area (Å²) in [6, 6.07) is 7.11. The van der Waals surface area contributed by atoms with Gasteiger partial charge in [-0.2, -0.15) is 0 Å². The van der Waals surface area contributed by atoms with Gasteiger partial charge < -0.3 is 14.8 Å². The zero-order chi connectivity index (χ0) is 13.5. The molecule has 0 spiro atoms. The summed E-state index contributed by atoms with van der Waals surface area (Å²) in [5.74, 6) is 0.993. The molecule has 0 radical (unpaired) electrons. The normalized spacial score (nSPS) is 14.6. The predicted octanol–water partition coefficient (Wildman–Crippen LogP) is 2.70. The summed E-state index contributed by atoms with van der Waals surface area (Å²) < 4.78 is 11.3. The largest absolute Gasteiger partial charge is 0.494 e. The fourth-order valence-corrected chi connectivity index (χ4v) is 2.11. The van der Waals surface area contributed by atoms with Crippen LogP contribution in [0.4, 0.5) is 0 Å². The number of hydrogen-bond donors (Lipinski definition) is 1. The van der Waals surface area contributed by atoms with Crippen LogP contribution in [-0.4, -0.2) is 32.4 Å². The molecule has 1 aromatic carbocycles. The smallest absolute Gasteiger partial charge is 0.122 e. The quantitative estimate of drug-likeness (QED) is 0.695. The van der Waals surface area contributed by atoms with Gasteiger partial charge in [0.15, 0.2) is 0 Å². The molecule has 2 rings (SSSR count). The van der Waals surface area contributed by atoms with Crippen molar-refractivity contribution in [1.29, 1.82) is 0 Å². The van der Waals surface area contributed by atoms with Crippen molar-refractivity contribution in [3.63, 3.8) is 0 Å². The van der Waals surface area contributed by atoms with E-state index >= 15 is 0 Å². The van der Waals surface area contributed by atoms with E-state index in [1.165, 1.54) is 24.0 Å². The van der Waals surface area contributed by atoms with E-state index in [0.717, 1.165) is 38.0 Å². The molecule has 0 atom stereocenters. The van der Waals surface area contributed by atoms with Crippen molar-refractivity contribution in [2.24, 2.45) is 0 Å². The van der Waals surface area contributed by atoms with Crippen LogP contribution >= 0.6 is 0 Å². The van der Waals surface area contributed by atoms with Crippen molar-refractivity contribution >= 4 is 0 Å². The average Bonchev–Trinajstić information content (AvgIpc) is 3.21. The first-order valence-electron chi connectivity index (χ1n) is 7.33. The Balaban J connectivity index is 1.69. The van der Waals surface area contributed by atoms with Crippen molar-refractivity contribution in [2.75, 3.05) is 26.4 Å². The molecule has 0 amide bonds. The van der Waals surface area contributed by atoms with Crippen LogP contribution in [0.2, 0.25) is 0 Å². The van der Waals surface area contributed by atoms with Gasteiger partial charge in [-0.05, 0) is 44.7 Å². The van der Waals surface area contributed by atoms with Gasteiger partial charge in [-0.25, -0.2) is 0 Å². The van der Waals surface area contributed by atoms with Crippen molar-refractivity contribution in [1.82, 2.24) is 5.32 Å². The van der Waals surface area contributed by atoms with E-state index in [9.17, 15) is 0 Å². The molecular weight excluding hydrogens is 238 g/mol. The fourth-order valence-electron chi connectivity index (χ4n) is 2.11. The van der Waals surface area contributed by atoms with Gasteiger partial charge in [-0.15, -0.1) is 0 Å². The Morgan fingerprint density at radius 3 is 2.84 bits per heavy atom. The van der Waals surface area contributed by atoms with Gasteiger partial charge in [0.05, 0.1) is 19.8 Å². The Labute approximate surface area is 116 Å².